The molecule has 6 nitrogen and oxygen atoms in total. The molecule has 0 amide bonds. The van der Waals surface area contributed by atoms with Crippen molar-refractivity contribution in [1.82, 2.24) is 9.78 Å². The maximum atomic E-state index is 13.4. The Balaban J connectivity index is 1.98. The van der Waals surface area contributed by atoms with E-state index in [1.54, 1.807) is 26.2 Å². The highest BCUT2D eigenvalue weighted by atomic mass is 16.5. The predicted molar refractivity (Wildman–Crippen MR) is 139 cm³/mol. The molecule has 0 spiro atoms. The second-order valence-corrected chi connectivity index (χ2v) is 11.1. The Labute approximate surface area is 207 Å². The zero-order chi connectivity index (χ0) is 26.1. The van der Waals surface area contributed by atoms with Crippen molar-refractivity contribution in [2.75, 3.05) is 7.11 Å². The second kappa shape index (κ2) is 9.68. The van der Waals surface area contributed by atoms with Gasteiger partial charge in [0.15, 0.2) is 5.78 Å². The van der Waals surface area contributed by atoms with Crippen molar-refractivity contribution < 1.29 is 14.6 Å². The van der Waals surface area contributed by atoms with E-state index >= 15 is 0 Å². The summed E-state index contributed by atoms with van der Waals surface area (Å²) < 4.78 is 6.52. The van der Waals surface area contributed by atoms with Gasteiger partial charge in [-0.25, -0.2) is 4.68 Å². The number of Topliss-reactive ketones (excluding diaryl/α,β-unsaturated/α-hetero) is 1. The zero-order valence-electron chi connectivity index (χ0n) is 22.0. The zero-order valence-corrected chi connectivity index (χ0v) is 22.0. The molecule has 0 aliphatic carbocycles. The van der Waals surface area contributed by atoms with Crippen molar-refractivity contribution in [2.45, 2.75) is 71.8 Å². The van der Waals surface area contributed by atoms with Crippen LogP contribution in [0.5, 0.6) is 11.5 Å². The number of ketones is 1. The molecule has 0 aliphatic heterocycles. The van der Waals surface area contributed by atoms with E-state index in [4.69, 9.17) is 4.74 Å². The van der Waals surface area contributed by atoms with E-state index in [9.17, 15) is 14.7 Å². The van der Waals surface area contributed by atoms with Crippen molar-refractivity contribution in [3.05, 3.63) is 75.6 Å². The van der Waals surface area contributed by atoms with Crippen LogP contribution in [0.4, 0.5) is 0 Å². The quantitative estimate of drug-likeness (QED) is 0.501. The van der Waals surface area contributed by atoms with Crippen LogP contribution in [-0.2, 0) is 22.0 Å². The number of rotatable bonds is 6. The fourth-order valence-corrected chi connectivity index (χ4v) is 4.19. The van der Waals surface area contributed by atoms with Gasteiger partial charge in [0.2, 0.25) is 0 Å². The summed E-state index contributed by atoms with van der Waals surface area (Å²) in [4.78, 5) is 26.0. The third-order valence-electron chi connectivity index (χ3n) is 6.23. The number of hydrogen-bond donors (Lipinski definition) is 1. The molecule has 0 aliphatic rings. The number of carbonyl (C=O) groups is 1. The number of phenolic OH excluding ortho intramolecular Hbond substituents is 1. The molecule has 1 unspecified atom stereocenters. The lowest BCUT2D eigenvalue weighted by molar-refractivity contribution is -0.121. The molecule has 0 radical (unpaired) electrons. The summed E-state index contributed by atoms with van der Waals surface area (Å²) in [5, 5.41) is 15.2. The van der Waals surface area contributed by atoms with Gasteiger partial charge in [0.25, 0.3) is 5.56 Å². The van der Waals surface area contributed by atoms with Crippen LogP contribution in [0.1, 0.15) is 71.2 Å². The Morgan fingerprint density at radius 2 is 1.66 bits per heavy atom. The smallest absolute Gasteiger partial charge is 0.267 e. The van der Waals surface area contributed by atoms with Gasteiger partial charge in [-0.3, -0.25) is 9.59 Å². The molecule has 1 N–H and O–H groups in total. The maximum Gasteiger partial charge on any atom is 0.267 e. The summed E-state index contributed by atoms with van der Waals surface area (Å²) in [7, 11) is 1.59. The van der Waals surface area contributed by atoms with Crippen LogP contribution in [0.15, 0.2) is 53.3 Å². The number of nitrogens with zero attached hydrogens (tertiary/aromatic N) is 2. The van der Waals surface area contributed by atoms with E-state index in [1.807, 2.05) is 30.3 Å². The molecule has 1 atom stereocenters. The average Bonchev–Trinajstić information content (AvgIpc) is 2.77. The molecule has 0 fully saturated rings. The van der Waals surface area contributed by atoms with Gasteiger partial charge in [0, 0.05) is 18.1 Å². The van der Waals surface area contributed by atoms with E-state index in [1.165, 1.54) is 10.7 Å². The first-order valence-corrected chi connectivity index (χ1v) is 11.9. The summed E-state index contributed by atoms with van der Waals surface area (Å²) in [6.45, 7) is 14.1. The molecule has 0 bridgehead atoms. The van der Waals surface area contributed by atoms with Crippen LogP contribution < -0.4 is 10.3 Å². The average molecular weight is 477 g/mol. The SMILES string of the molecule is COc1cccc(-c2ccc(=O)n(C(C)C(=O)Cc3cc(O)c(C(C)(C)C)cc3C(C)(C)C)n2)c1. The molecule has 6 heteroatoms. The highest BCUT2D eigenvalue weighted by Gasteiger charge is 2.27. The van der Waals surface area contributed by atoms with Gasteiger partial charge in [0.1, 0.15) is 17.5 Å². The van der Waals surface area contributed by atoms with Crippen LogP contribution in [0, 0.1) is 0 Å². The molecule has 35 heavy (non-hydrogen) atoms. The monoisotopic (exact) mass is 476 g/mol. The molecular formula is C29H36N2O4. The van der Waals surface area contributed by atoms with Gasteiger partial charge in [-0.05, 0) is 58.7 Å². The Bertz CT molecular complexity index is 1290. The van der Waals surface area contributed by atoms with Crippen LogP contribution in [0.2, 0.25) is 0 Å². The summed E-state index contributed by atoms with van der Waals surface area (Å²) in [6, 6.07) is 13.4. The van der Waals surface area contributed by atoms with Crippen molar-refractivity contribution in [2.24, 2.45) is 0 Å². The van der Waals surface area contributed by atoms with Gasteiger partial charge in [0.05, 0.1) is 12.8 Å². The molecular weight excluding hydrogens is 440 g/mol. The molecule has 0 saturated heterocycles. The topological polar surface area (TPSA) is 81.4 Å². The molecule has 1 heterocycles. The Morgan fingerprint density at radius 1 is 1.00 bits per heavy atom. The largest absolute Gasteiger partial charge is 0.508 e. The fourth-order valence-electron chi connectivity index (χ4n) is 4.19. The molecule has 2 aromatic carbocycles. The number of aromatic nitrogens is 2. The van der Waals surface area contributed by atoms with Crippen LogP contribution >= 0.6 is 0 Å². The lowest BCUT2D eigenvalue weighted by atomic mass is 9.77. The van der Waals surface area contributed by atoms with Crippen molar-refractivity contribution in [3.63, 3.8) is 0 Å². The lowest BCUT2D eigenvalue weighted by Crippen LogP contribution is -2.31. The van der Waals surface area contributed by atoms with Gasteiger partial charge >= 0.3 is 0 Å². The van der Waals surface area contributed by atoms with E-state index in [2.05, 4.69) is 46.6 Å². The van der Waals surface area contributed by atoms with Gasteiger partial charge in [-0.2, -0.15) is 5.10 Å². The normalized spacial score (nSPS) is 12.9. The highest BCUT2D eigenvalue weighted by Crippen LogP contribution is 2.37. The molecule has 1 aromatic heterocycles. The number of benzene rings is 2. The van der Waals surface area contributed by atoms with Crippen LogP contribution in [0.25, 0.3) is 11.3 Å². The molecule has 0 saturated carbocycles. The van der Waals surface area contributed by atoms with E-state index in [0.29, 0.717) is 11.4 Å². The minimum atomic E-state index is -0.773. The van der Waals surface area contributed by atoms with Crippen molar-refractivity contribution in [3.8, 4) is 22.8 Å². The Hall–Kier alpha value is -3.41. The predicted octanol–water partition coefficient (Wildman–Crippen LogP) is 5.59. The minimum Gasteiger partial charge on any atom is -0.508 e. The van der Waals surface area contributed by atoms with E-state index in [0.717, 1.165) is 22.3 Å². The number of aromatic hydroxyl groups is 1. The van der Waals surface area contributed by atoms with Crippen LogP contribution in [0.3, 0.4) is 0 Å². The van der Waals surface area contributed by atoms with Crippen molar-refractivity contribution >= 4 is 5.78 Å². The van der Waals surface area contributed by atoms with E-state index < -0.39 is 6.04 Å². The number of ether oxygens (including phenoxy) is 1. The van der Waals surface area contributed by atoms with Crippen LogP contribution in [-0.4, -0.2) is 27.8 Å². The van der Waals surface area contributed by atoms with Gasteiger partial charge < -0.3 is 9.84 Å². The Kier molecular flexibility index (Phi) is 7.25. The number of phenols is 1. The highest BCUT2D eigenvalue weighted by molar-refractivity contribution is 5.85. The third-order valence-corrected chi connectivity index (χ3v) is 6.23. The molecule has 3 aromatic rings. The summed E-state index contributed by atoms with van der Waals surface area (Å²) >= 11 is 0. The second-order valence-electron chi connectivity index (χ2n) is 11.1. The first kappa shape index (κ1) is 26.2. The number of methoxy groups -OCH3 is 1. The minimum absolute atomic E-state index is 0.0866. The summed E-state index contributed by atoms with van der Waals surface area (Å²) in [5.41, 5.74) is 3.16. The summed E-state index contributed by atoms with van der Waals surface area (Å²) in [6.07, 6.45) is 0.0866. The number of hydrogen-bond acceptors (Lipinski definition) is 5. The first-order chi connectivity index (χ1) is 16.2. The van der Waals surface area contributed by atoms with Crippen molar-refractivity contribution in [1.29, 1.82) is 0 Å². The maximum absolute atomic E-state index is 13.4. The third kappa shape index (κ3) is 5.81. The molecule has 186 valence electrons. The van der Waals surface area contributed by atoms with E-state index in [-0.39, 0.29) is 34.3 Å². The lowest BCUT2D eigenvalue weighted by Gasteiger charge is -2.28. The van der Waals surface area contributed by atoms with Gasteiger partial charge in [-0.1, -0.05) is 59.7 Å². The summed E-state index contributed by atoms with van der Waals surface area (Å²) in [5.74, 6) is 0.700. The molecule has 3 rings (SSSR count). The Morgan fingerprint density at radius 3 is 2.26 bits per heavy atom. The van der Waals surface area contributed by atoms with Gasteiger partial charge in [-0.15, -0.1) is 0 Å². The first-order valence-electron chi connectivity index (χ1n) is 11.9. The standard InChI is InChI=1S/C29H36N2O4/c1-18(31-27(34)13-12-24(30-31)19-10-9-11-21(14-19)35-8)25(32)15-20-16-26(33)23(29(5,6)7)17-22(20)28(2,3)4/h9-14,16-18,33H,15H2,1-8H3. The number of carbonyl (C=O) groups excluding carboxylic acids is 1. The fraction of sp³-hybridized carbons (Fsp3) is 0.414.